The van der Waals surface area contributed by atoms with Gasteiger partial charge in [0, 0.05) is 29.1 Å². The Kier molecular flexibility index (Phi) is 6.81. The van der Waals surface area contributed by atoms with E-state index in [0.717, 1.165) is 24.7 Å². The van der Waals surface area contributed by atoms with Gasteiger partial charge in [0.15, 0.2) is 0 Å². The summed E-state index contributed by atoms with van der Waals surface area (Å²) in [4.78, 5) is 13.0. The molecule has 1 saturated carbocycles. The van der Waals surface area contributed by atoms with Crippen LogP contribution in [0.3, 0.4) is 0 Å². The van der Waals surface area contributed by atoms with Crippen molar-refractivity contribution in [3.8, 4) is 11.3 Å². The summed E-state index contributed by atoms with van der Waals surface area (Å²) in [5.74, 6) is -0.274. The van der Waals surface area contributed by atoms with Crippen LogP contribution in [0.25, 0.3) is 22.3 Å². The lowest BCUT2D eigenvalue weighted by Crippen LogP contribution is -2.30. The average Bonchev–Trinajstić information content (AvgIpc) is 3.63. The molecule has 1 heterocycles. The lowest BCUT2D eigenvalue weighted by molar-refractivity contribution is 0.0964. The van der Waals surface area contributed by atoms with E-state index in [4.69, 9.17) is 16.0 Å². The molecule has 0 bridgehead atoms. The van der Waals surface area contributed by atoms with Crippen LogP contribution >= 0.6 is 27.5 Å². The Balaban J connectivity index is 1.72. The summed E-state index contributed by atoms with van der Waals surface area (Å²) in [6, 6.07) is 15.0. The van der Waals surface area contributed by atoms with E-state index in [1.165, 1.54) is 10.4 Å². The monoisotopic (exact) mass is 604 g/mol. The van der Waals surface area contributed by atoms with Gasteiger partial charge >= 0.3 is 0 Å². The molecule has 0 atom stereocenters. The van der Waals surface area contributed by atoms with Gasteiger partial charge in [0.25, 0.3) is 5.91 Å². The minimum atomic E-state index is -3.75. The fourth-order valence-corrected chi connectivity index (χ4v) is 5.70. The first-order valence-electron chi connectivity index (χ1n) is 11.6. The van der Waals surface area contributed by atoms with Gasteiger partial charge in [-0.25, -0.2) is 12.8 Å². The highest BCUT2D eigenvalue weighted by atomic mass is 79.9. The van der Waals surface area contributed by atoms with E-state index in [9.17, 15) is 17.6 Å². The fraction of sp³-hybridized carbons (Fsp3) is 0.222. The molecule has 1 amide bonds. The van der Waals surface area contributed by atoms with Crippen molar-refractivity contribution >= 4 is 60.1 Å². The number of furan rings is 1. The molecule has 1 fully saturated rings. The fourth-order valence-electron chi connectivity index (χ4n) is 4.43. The number of hydrogen-bond donors (Lipinski definition) is 1. The van der Waals surface area contributed by atoms with Crippen LogP contribution in [0, 0.1) is 5.82 Å². The Labute approximate surface area is 227 Å². The molecule has 0 radical (unpaired) electrons. The second-order valence-corrected chi connectivity index (χ2v) is 12.3. The van der Waals surface area contributed by atoms with Crippen LogP contribution in [-0.4, -0.2) is 27.6 Å². The van der Waals surface area contributed by atoms with E-state index in [1.54, 1.807) is 49.5 Å². The second-order valence-electron chi connectivity index (χ2n) is 9.09. The summed E-state index contributed by atoms with van der Waals surface area (Å²) >= 11 is 9.19. The maximum absolute atomic E-state index is 14.2. The SMILES string of the molecule is CNC(=O)c1c(-c2ccc(Cl)cc2)oc2cc(N(Cc3ccc(Br)c(F)c3)S(C)(=O)=O)c(C3CC3)cc12. The zero-order valence-electron chi connectivity index (χ0n) is 20.0. The summed E-state index contributed by atoms with van der Waals surface area (Å²) in [5, 5.41) is 3.82. The van der Waals surface area contributed by atoms with Gasteiger partial charge in [-0.15, -0.1) is 0 Å². The molecule has 0 unspecified atom stereocenters. The van der Waals surface area contributed by atoms with Crippen molar-refractivity contribution in [2.45, 2.75) is 25.3 Å². The Morgan fingerprint density at radius 2 is 1.86 bits per heavy atom. The molecule has 37 heavy (non-hydrogen) atoms. The Morgan fingerprint density at radius 1 is 1.16 bits per heavy atom. The van der Waals surface area contributed by atoms with Gasteiger partial charge in [0.1, 0.15) is 17.2 Å². The van der Waals surface area contributed by atoms with Gasteiger partial charge in [0.05, 0.1) is 28.5 Å². The van der Waals surface area contributed by atoms with Gasteiger partial charge < -0.3 is 9.73 Å². The van der Waals surface area contributed by atoms with Crippen LogP contribution < -0.4 is 9.62 Å². The second kappa shape index (κ2) is 9.78. The van der Waals surface area contributed by atoms with Gasteiger partial charge in [-0.3, -0.25) is 9.10 Å². The normalized spacial score (nSPS) is 13.6. The highest BCUT2D eigenvalue weighted by Gasteiger charge is 2.33. The molecule has 0 aliphatic heterocycles. The maximum Gasteiger partial charge on any atom is 0.255 e. The zero-order valence-corrected chi connectivity index (χ0v) is 23.2. The molecule has 0 spiro atoms. The highest BCUT2D eigenvalue weighted by Crippen LogP contribution is 2.48. The number of sulfonamides is 1. The van der Waals surface area contributed by atoms with Crippen molar-refractivity contribution in [1.82, 2.24) is 5.32 Å². The maximum atomic E-state index is 14.2. The number of nitrogens with zero attached hydrogens (tertiary/aromatic N) is 1. The summed E-state index contributed by atoms with van der Waals surface area (Å²) in [5.41, 5.74) is 3.18. The number of hydrogen-bond acceptors (Lipinski definition) is 4. The topological polar surface area (TPSA) is 79.6 Å². The number of rotatable bonds is 7. The van der Waals surface area contributed by atoms with E-state index in [0.29, 0.717) is 48.6 Å². The van der Waals surface area contributed by atoms with Crippen molar-refractivity contribution in [1.29, 1.82) is 0 Å². The van der Waals surface area contributed by atoms with Crippen molar-refractivity contribution in [3.05, 3.63) is 86.6 Å². The Morgan fingerprint density at radius 3 is 2.46 bits per heavy atom. The van der Waals surface area contributed by atoms with Crippen LogP contribution in [0.2, 0.25) is 5.02 Å². The number of benzene rings is 3. The number of halogens is 3. The van der Waals surface area contributed by atoms with Gasteiger partial charge in [-0.05, 0) is 88.3 Å². The summed E-state index contributed by atoms with van der Waals surface area (Å²) in [6.45, 7) is -0.0543. The first-order valence-corrected chi connectivity index (χ1v) is 14.6. The quantitative estimate of drug-likeness (QED) is 0.250. The predicted octanol–water partition coefficient (Wildman–Crippen LogP) is 6.86. The minimum absolute atomic E-state index is 0.0543. The third-order valence-corrected chi connectivity index (χ3v) is 8.42. The molecule has 5 rings (SSSR count). The highest BCUT2D eigenvalue weighted by molar-refractivity contribution is 9.10. The Hall–Kier alpha value is -2.88. The van der Waals surface area contributed by atoms with E-state index in [-0.39, 0.29) is 18.4 Å². The predicted molar refractivity (Wildman–Crippen MR) is 147 cm³/mol. The van der Waals surface area contributed by atoms with Crippen molar-refractivity contribution < 1.29 is 22.0 Å². The molecular formula is C27H23BrClFN2O4S. The molecule has 0 saturated heterocycles. The third-order valence-electron chi connectivity index (χ3n) is 6.39. The third kappa shape index (κ3) is 5.12. The molecule has 1 N–H and O–H groups in total. The van der Waals surface area contributed by atoms with Crippen LogP contribution in [0.15, 0.2) is 63.5 Å². The van der Waals surface area contributed by atoms with Crippen LogP contribution in [0.1, 0.15) is 40.2 Å². The van der Waals surface area contributed by atoms with Crippen molar-refractivity contribution in [3.63, 3.8) is 0 Å². The number of fused-ring (bicyclic) bond motifs is 1. The molecular weight excluding hydrogens is 583 g/mol. The molecule has 1 aliphatic rings. The van der Waals surface area contributed by atoms with Crippen LogP contribution in [-0.2, 0) is 16.6 Å². The van der Waals surface area contributed by atoms with E-state index < -0.39 is 15.8 Å². The van der Waals surface area contributed by atoms with Gasteiger partial charge in [-0.1, -0.05) is 17.7 Å². The summed E-state index contributed by atoms with van der Waals surface area (Å²) in [6.07, 6.45) is 2.93. The van der Waals surface area contributed by atoms with Crippen LogP contribution in [0.4, 0.5) is 10.1 Å². The van der Waals surface area contributed by atoms with Gasteiger partial charge in [-0.2, -0.15) is 0 Å². The van der Waals surface area contributed by atoms with E-state index in [2.05, 4.69) is 21.2 Å². The lowest BCUT2D eigenvalue weighted by Gasteiger charge is -2.25. The van der Waals surface area contributed by atoms with Gasteiger partial charge in [0.2, 0.25) is 10.0 Å². The van der Waals surface area contributed by atoms with E-state index in [1.807, 2.05) is 6.07 Å². The molecule has 192 valence electrons. The van der Waals surface area contributed by atoms with Crippen molar-refractivity contribution in [2.75, 3.05) is 17.6 Å². The Bertz CT molecular complexity index is 1630. The number of anilines is 1. The smallest absolute Gasteiger partial charge is 0.255 e. The van der Waals surface area contributed by atoms with Crippen LogP contribution in [0.5, 0.6) is 0 Å². The first-order chi connectivity index (χ1) is 17.6. The number of carbonyl (C=O) groups is 1. The summed E-state index contributed by atoms with van der Waals surface area (Å²) < 4.78 is 48.0. The minimum Gasteiger partial charge on any atom is -0.455 e. The molecule has 3 aromatic carbocycles. The first kappa shape index (κ1) is 25.8. The zero-order chi connectivity index (χ0) is 26.5. The summed E-state index contributed by atoms with van der Waals surface area (Å²) in [7, 11) is -2.21. The van der Waals surface area contributed by atoms with Crippen molar-refractivity contribution in [2.24, 2.45) is 0 Å². The molecule has 1 aliphatic carbocycles. The lowest BCUT2D eigenvalue weighted by atomic mass is 10.00. The number of nitrogens with one attached hydrogen (secondary N) is 1. The average molecular weight is 606 g/mol. The number of amides is 1. The molecule has 10 heteroatoms. The number of carbonyl (C=O) groups excluding carboxylic acids is 1. The standard InChI is InChI=1S/C27H23BrClFN2O4S/c1-31-27(33)25-20-12-19(16-4-5-16)23(13-24(20)36-26(25)17-6-8-18(29)9-7-17)32(37(2,34)35)14-15-3-10-21(28)22(30)11-15/h3,6-13,16H,4-5,14H2,1-2H3,(H,31,33). The molecule has 4 aromatic rings. The largest absolute Gasteiger partial charge is 0.455 e. The molecule has 6 nitrogen and oxygen atoms in total. The molecule has 1 aromatic heterocycles. The van der Waals surface area contributed by atoms with E-state index >= 15 is 0 Å².